The number of hydrogen-bond acceptors (Lipinski definition) is 7. The summed E-state index contributed by atoms with van der Waals surface area (Å²) in [5.41, 5.74) is 1.87. The van der Waals surface area contributed by atoms with Crippen molar-refractivity contribution in [1.82, 2.24) is 25.0 Å². The molecule has 5 rings (SSSR count). The molecule has 0 spiro atoms. The van der Waals surface area contributed by atoms with Gasteiger partial charge < -0.3 is 8.83 Å². The van der Waals surface area contributed by atoms with Crippen molar-refractivity contribution in [3.63, 3.8) is 0 Å². The lowest BCUT2D eigenvalue weighted by Crippen LogP contribution is -2.01. The lowest BCUT2D eigenvalue weighted by atomic mass is 10.2. The molecule has 0 amide bonds. The largest absolute Gasteiger partial charge is 0.466 e. The van der Waals surface area contributed by atoms with E-state index in [0.29, 0.717) is 23.5 Å². The van der Waals surface area contributed by atoms with Gasteiger partial charge in [0.25, 0.3) is 5.89 Å². The van der Waals surface area contributed by atoms with E-state index in [1.54, 1.807) is 0 Å². The lowest BCUT2D eigenvalue weighted by molar-refractivity contribution is 0.499. The molecule has 1 saturated carbocycles. The van der Waals surface area contributed by atoms with Crippen LogP contribution in [-0.4, -0.2) is 25.0 Å². The van der Waals surface area contributed by atoms with Crippen LogP contribution in [0.1, 0.15) is 42.0 Å². The minimum Gasteiger partial charge on any atom is -0.466 e. The summed E-state index contributed by atoms with van der Waals surface area (Å²) in [6.45, 7) is 3.79. The van der Waals surface area contributed by atoms with Gasteiger partial charge >= 0.3 is 0 Å². The number of rotatable bonds is 6. The third-order valence-electron chi connectivity index (χ3n) is 4.62. The predicted molar refractivity (Wildman–Crippen MR) is 104 cm³/mol. The van der Waals surface area contributed by atoms with E-state index in [-0.39, 0.29) is 0 Å². The van der Waals surface area contributed by atoms with Crippen LogP contribution in [0.4, 0.5) is 0 Å². The number of para-hydroxylation sites is 1. The van der Waals surface area contributed by atoms with E-state index in [9.17, 15) is 0 Å². The van der Waals surface area contributed by atoms with E-state index in [4.69, 9.17) is 18.9 Å². The highest BCUT2D eigenvalue weighted by atomic mass is 32.2. The normalized spacial score (nSPS) is 13.9. The number of benzene rings is 1. The molecule has 0 N–H and O–H groups in total. The second-order valence-electron chi connectivity index (χ2n) is 6.89. The molecule has 7 nitrogen and oxygen atoms in total. The number of aryl methyl sites for hydroxylation is 2. The van der Waals surface area contributed by atoms with Gasteiger partial charge in [-0.1, -0.05) is 30.0 Å². The molecule has 28 heavy (non-hydrogen) atoms. The van der Waals surface area contributed by atoms with Gasteiger partial charge in [-0.2, -0.15) is 0 Å². The zero-order valence-corrected chi connectivity index (χ0v) is 16.4. The molecule has 8 heteroatoms. The Morgan fingerprint density at radius 3 is 2.64 bits per heavy atom. The first-order valence-electron chi connectivity index (χ1n) is 9.22. The van der Waals surface area contributed by atoms with Gasteiger partial charge in [-0.15, -0.1) is 15.3 Å². The van der Waals surface area contributed by atoms with Crippen LogP contribution >= 0.6 is 11.8 Å². The van der Waals surface area contributed by atoms with Crippen molar-refractivity contribution >= 4 is 11.8 Å². The fourth-order valence-electron chi connectivity index (χ4n) is 3.12. The van der Waals surface area contributed by atoms with E-state index < -0.39 is 0 Å². The van der Waals surface area contributed by atoms with Crippen LogP contribution in [0.2, 0.25) is 0 Å². The fraction of sp³-hybridized carbons (Fsp3) is 0.300. The van der Waals surface area contributed by atoms with Crippen LogP contribution in [-0.2, 0) is 5.75 Å². The molecular formula is C20H19N5O2S. The van der Waals surface area contributed by atoms with Gasteiger partial charge in [-0.05, 0) is 44.9 Å². The Morgan fingerprint density at radius 1 is 1.11 bits per heavy atom. The van der Waals surface area contributed by atoms with Crippen molar-refractivity contribution in [2.45, 2.75) is 43.5 Å². The smallest absolute Gasteiger partial charge is 0.251 e. The molecule has 1 aliphatic carbocycles. The zero-order chi connectivity index (χ0) is 19.1. The average Bonchev–Trinajstić information content (AvgIpc) is 3.13. The monoisotopic (exact) mass is 393 g/mol. The maximum atomic E-state index is 5.80. The van der Waals surface area contributed by atoms with Gasteiger partial charge in [0.2, 0.25) is 11.0 Å². The summed E-state index contributed by atoms with van der Waals surface area (Å²) in [5.74, 6) is 4.68. The summed E-state index contributed by atoms with van der Waals surface area (Å²) in [6.07, 6.45) is 2.35. The Bertz CT molecular complexity index is 1110. The Labute approximate surface area is 166 Å². The third-order valence-corrected chi connectivity index (χ3v) is 5.44. The van der Waals surface area contributed by atoms with E-state index >= 15 is 0 Å². The third kappa shape index (κ3) is 3.35. The van der Waals surface area contributed by atoms with Crippen LogP contribution in [0.3, 0.4) is 0 Å². The van der Waals surface area contributed by atoms with Crippen molar-refractivity contribution in [2.75, 3.05) is 0 Å². The highest BCUT2D eigenvalue weighted by molar-refractivity contribution is 7.98. The maximum absolute atomic E-state index is 5.80. The van der Waals surface area contributed by atoms with E-state index in [1.807, 2.05) is 42.8 Å². The van der Waals surface area contributed by atoms with Crippen molar-refractivity contribution in [2.24, 2.45) is 0 Å². The molecular weight excluding hydrogens is 374 g/mol. The second kappa shape index (κ2) is 6.94. The Kier molecular flexibility index (Phi) is 4.27. The molecule has 4 aromatic rings. The quantitative estimate of drug-likeness (QED) is 0.439. The van der Waals surface area contributed by atoms with Crippen LogP contribution in [0.25, 0.3) is 17.1 Å². The number of aromatic nitrogens is 5. The molecule has 0 radical (unpaired) electrons. The van der Waals surface area contributed by atoms with Gasteiger partial charge in [0.1, 0.15) is 17.3 Å². The summed E-state index contributed by atoms with van der Waals surface area (Å²) < 4.78 is 13.3. The summed E-state index contributed by atoms with van der Waals surface area (Å²) >= 11 is 1.50. The Balaban J connectivity index is 1.34. The van der Waals surface area contributed by atoms with E-state index in [0.717, 1.165) is 33.8 Å². The minimum absolute atomic E-state index is 0.478. The maximum Gasteiger partial charge on any atom is 0.251 e. The van der Waals surface area contributed by atoms with Crippen molar-refractivity contribution in [3.8, 4) is 17.1 Å². The number of thioether (sulfide) groups is 1. The van der Waals surface area contributed by atoms with Crippen LogP contribution < -0.4 is 0 Å². The molecule has 3 aromatic heterocycles. The van der Waals surface area contributed by atoms with Gasteiger partial charge in [-0.25, -0.2) is 9.67 Å². The van der Waals surface area contributed by atoms with E-state index in [1.165, 1.54) is 24.6 Å². The molecule has 0 saturated heterocycles. The molecule has 3 heterocycles. The first kappa shape index (κ1) is 17.2. The molecule has 1 aromatic carbocycles. The van der Waals surface area contributed by atoms with Gasteiger partial charge in [-0.3, -0.25) is 0 Å². The Morgan fingerprint density at radius 2 is 1.93 bits per heavy atom. The van der Waals surface area contributed by atoms with Gasteiger partial charge in [0, 0.05) is 5.92 Å². The molecule has 1 aliphatic rings. The molecule has 1 fully saturated rings. The zero-order valence-electron chi connectivity index (χ0n) is 15.6. The van der Waals surface area contributed by atoms with Crippen molar-refractivity contribution < 1.29 is 8.83 Å². The molecule has 0 aliphatic heterocycles. The topological polar surface area (TPSA) is 82.8 Å². The first-order chi connectivity index (χ1) is 13.7. The average molecular weight is 393 g/mol. The standard InChI is InChI=1S/C20H19N5O2S/c1-12-10-16(13(2)26-12)19-23-22-17(27-19)11-28-20-21-18(14-8-9-14)25(24-20)15-6-4-3-5-7-15/h3-7,10,14H,8-9,11H2,1-2H3. The number of hydrogen-bond donors (Lipinski definition) is 0. The lowest BCUT2D eigenvalue weighted by Gasteiger charge is -2.03. The van der Waals surface area contributed by atoms with Crippen LogP contribution in [0, 0.1) is 13.8 Å². The number of furan rings is 1. The highest BCUT2D eigenvalue weighted by Crippen LogP contribution is 2.40. The SMILES string of the molecule is Cc1cc(-c2nnc(CSc3nc(C4CC4)n(-c4ccccc4)n3)o2)c(C)o1. The second-order valence-corrected chi connectivity index (χ2v) is 7.83. The predicted octanol–water partition coefficient (Wildman–Crippen LogP) is 4.70. The first-order valence-corrected chi connectivity index (χ1v) is 10.2. The number of nitrogens with zero attached hydrogens (tertiary/aromatic N) is 5. The molecule has 0 bridgehead atoms. The van der Waals surface area contributed by atoms with E-state index in [2.05, 4.69) is 22.3 Å². The van der Waals surface area contributed by atoms with Crippen LogP contribution in [0.15, 0.2) is 50.4 Å². The molecule has 0 unspecified atom stereocenters. The summed E-state index contributed by atoms with van der Waals surface area (Å²) in [4.78, 5) is 4.76. The highest BCUT2D eigenvalue weighted by Gasteiger charge is 2.30. The van der Waals surface area contributed by atoms with Crippen LogP contribution in [0.5, 0.6) is 0 Å². The summed E-state index contributed by atoms with van der Waals surface area (Å²) in [5, 5.41) is 13.7. The molecule has 0 atom stereocenters. The van der Waals surface area contributed by atoms with Crippen molar-refractivity contribution in [3.05, 3.63) is 59.6 Å². The fourth-order valence-corrected chi connectivity index (χ4v) is 3.79. The van der Waals surface area contributed by atoms with Gasteiger partial charge in [0.05, 0.1) is 17.0 Å². The molecule has 142 valence electrons. The summed E-state index contributed by atoms with van der Waals surface area (Å²) in [6, 6.07) is 12.0. The Hall–Kier alpha value is -2.87. The summed E-state index contributed by atoms with van der Waals surface area (Å²) in [7, 11) is 0. The van der Waals surface area contributed by atoms with Crippen molar-refractivity contribution in [1.29, 1.82) is 0 Å². The minimum atomic E-state index is 0.478. The van der Waals surface area contributed by atoms with Gasteiger partial charge in [0.15, 0.2) is 0 Å².